The molecule has 3 aromatic rings. The second-order valence-electron chi connectivity index (χ2n) is 14.5. The molecule has 282 valence electrons. The van der Waals surface area contributed by atoms with Crippen LogP contribution in [0, 0.1) is 12.3 Å². The number of primary amides is 1. The molecular weight excluding hydrogens is 704 g/mol. The number of β-amino-alcohol motifs (C(OH)–C–C–N with tert-alkyl or cyclic N) is 1. The minimum absolute atomic E-state index is 0.0103. The molecule has 4 amide bonds. The first kappa shape index (κ1) is 40.7. The lowest BCUT2D eigenvalue weighted by molar-refractivity contribution is -0.144. The van der Waals surface area contributed by atoms with Gasteiger partial charge in [-0.15, -0.1) is 11.3 Å². The number of benzene rings is 2. The first-order chi connectivity index (χ1) is 24.5. The van der Waals surface area contributed by atoms with E-state index in [0.717, 1.165) is 27.3 Å². The van der Waals surface area contributed by atoms with Crippen LogP contribution in [0.4, 0.5) is 0 Å². The van der Waals surface area contributed by atoms with Crippen LogP contribution in [0.3, 0.4) is 0 Å². The molecule has 1 aliphatic rings. The van der Waals surface area contributed by atoms with Crippen molar-refractivity contribution in [3.05, 3.63) is 69.8 Å². The van der Waals surface area contributed by atoms with Gasteiger partial charge in [0.05, 0.1) is 33.3 Å². The van der Waals surface area contributed by atoms with Crippen molar-refractivity contribution < 1.29 is 29.0 Å². The Morgan fingerprint density at radius 3 is 2.46 bits per heavy atom. The maximum atomic E-state index is 14.0. The Morgan fingerprint density at radius 1 is 1.12 bits per heavy atom. The Morgan fingerprint density at radius 2 is 1.83 bits per heavy atom. The van der Waals surface area contributed by atoms with Crippen molar-refractivity contribution in [1.82, 2.24) is 20.5 Å². The number of halogens is 1. The van der Waals surface area contributed by atoms with Crippen LogP contribution in [-0.4, -0.2) is 76.0 Å². The zero-order chi connectivity index (χ0) is 38.2. The summed E-state index contributed by atoms with van der Waals surface area (Å²) < 4.78 is 5.78. The number of aliphatic hydroxyl groups is 1. The molecule has 2 aromatic carbocycles. The summed E-state index contributed by atoms with van der Waals surface area (Å²) in [6.45, 7) is 9.55. The number of carbonyl (C=O) groups is 4. The molecule has 1 aliphatic heterocycles. The van der Waals surface area contributed by atoms with E-state index in [-0.39, 0.29) is 56.3 Å². The number of nitrogens with zero attached hydrogens (tertiary/aromatic N) is 2. The predicted octanol–water partition coefficient (Wildman–Crippen LogP) is 4.44. The van der Waals surface area contributed by atoms with Crippen LogP contribution < -0.4 is 26.8 Å². The number of thiazole rings is 1. The van der Waals surface area contributed by atoms with Gasteiger partial charge in [0, 0.05) is 31.8 Å². The van der Waals surface area contributed by atoms with Gasteiger partial charge in [-0.05, 0) is 61.3 Å². The summed E-state index contributed by atoms with van der Waals surface area (Å²) in [6.07, 6.45) is 0.860. The van der Waals surface area contributed by atoms with E-state index in [1.165, 1.54) is 4.90 Å². The summed E-state index contributed by atoms with van der Waals surface area (Å²) in [5.74, 6) is -1.07. The Kier molecular flexibility index (Phi) is 14.2. The summed E-state index contributed by atoms with van der Waals surface area (Å²) >= 11 is 8.17. The SMILES string of the molecule is Cc1ncsc1-c1ccc(C(C)NC(=O)[C@@H]2C[C@@H](O)CN2C(=O)C(NC(=O)CCCc2cccc(OCC(N)CCC(N)=O)c2Cl)C(C)(C)C)cc1. The molecule has 0 radical (unpaired) electrons. The third-order valence-electron chi connectivity index (χ3n) is 9.17. The predicted molar refractivity (Wildman–Crippen MR) is 203 cm³/mol. The maximum absolute atomic E-state index is 14.0. The second kappa shape index (κ2) is 18.1. The summed E-state index contributed by atoms with van der Waals surface area (Å²) in [6, 6.07) is 10.8. The maximum Gasteiger partial charge on any atom is 0.246 e. The largest absolute Gasteiger partial charge is 0.490 e. The van der Waals surface area contributed by atoms with Gasteiger partial charge in [0.25, 0.3) is 0 Å². The van der Waals surface area contributed by atoms with Gasteiger partial charge in [-0.25, -0.2) is 4.98 Å². The first-order valence-corrected chi connectivity index (χ1v) is 18.8. The van der Waals surface area contributed by atoms with E-state index < -0.39 is 35.4 Å². The molecule has 2 heterocycles. The molecule has 7 N–H and O–H groups in total. The Hall–Kier alpha value is -4.04. The number of carbonyl (C=O) groups excluding carboxylic acids is 4. The summed E-state index contributed by atoms with van der Waals surface area (Å²) in [7, 11) is 0. The van der Waals surface area contributed by atoms with Gasteiger partial charge in [-0.1, -0.05) is 68.8 Å². The van der Waals surface area contributed by atoms with E-state index in [1.54, 1.807) is 23.5 Å². The number of nitrogens with one attached hydrogen (secondary N) is 2. The summed E-state index contributed by atoms with van der Waals surface area (Å²) in [5.41, 5.74) is 16.0. The zero-order valence-electron chi connectivity index (χ0n) is 30.5. The van der Waals surface area contributed by atoms with Gasteiger partial charge in [-0.3, -0.25) is 19.2 Å². The highest BCUT2D eigenvalue weighted by Crippen LogP contribution is 2.31. The number of nitrogens with two attached hydrogens (primary N) is 2. The van der Waals surface area contributed by atoms with Crippen molar-refractivity contribution in [2.45, 2.75) is 103 Å². The number of rotatable bonds is 16. The molecule has 14 heteroatoms. The van der Waals surface area contributed by atoms with Gasteiger partial charge in [0.15, 0.2) is 0 Å². The summed E-state index contributed by atoms with van der Waals surface area (Å²) in [4.78, 5) is 58.7. The number of hydrogen-bond acceptors (Lipinski definition) is 9. The van der Waals surface area contributed by atoms with Gasteiger partial charge in [-0.2, -0.15) is 0 Å². The summed E-state index contributed by atoms with van der Waals surface area (Å²) in [5, 5.41) is 16.9. The van der Waals surface area contributed by atoms with Crippen LogP contribution >= 0.6 is 22.9 Å². The molecule has 4 rings (SSSR count). The van der Waals surface area contributed by atoms with Crippen molar-refractivity contribution in [2.75, 3.05) is 13.2 Å². The van der Waals surface area contributed by atoms with Crippen LogP contribution in [0.2, 0.25) is 5.02 Å². The molecule has 1 fully saturated rings. The van der Waals surface area contributed by atoms with Crippen molar-refractivity contribution >= 4 is 46.6 Å². The molecule has 0 aliphatic carbocycles. The lowest BCUT2D eigenvalue weighted by Gasteiger charge is -2.35. The highest BCUT2D eigenvalue weighted by molar-refractivity contribution is 7.13. The fourth-order valence-corrected chi connectivity index (χ4v) is 7.24. The monoisotopic (exact) mass is 754 g/mol. The Labute approximate surface area is 314 Å². The van der Waals surface area contributed by atoms with E-state index in [4.69, 9.17) is 27.8 Å². The minimum Gasteiger partial charge on any atom is -0.490 e. The lowest BCUT2D eigenvalue weighted by atomic mass is 9.85. The van der Waals surface area contributed by atoms with Crippen molar-refractivity contribution in [3.63, 3.8) is 0 Å². The second-order valence-corrected chi connectivity index (χ2v) is 15.8. The van der Waals surface area contributed by atoms with E-state index in [9.17, 15) is 24.3 Å². The Bertz CT molecular complexity index is 1710. The van der Waals surface area contributed by atoms with E-state index in [0.29, 0.717) is 30.0 Å². The molecule has 0 bridgehead atoms. The third kappa shape index (κ3) is 11.0. The number of likely N-dealkylation sites (tertiary alicyclic amines) is 1. The highest BCUT2D eigenvalue weighted by Gasteiger charge is 2.44. The zero-order valence-corrected chi connectivity index (χ0v) is 32.1. The normalized spacial score (nSPS) is 17.7. The molecule has 1 aromatic heterocycles. The topological polar surface area (TPSA) is 190 Å². The van der Waals surface area contributed by atoms with Crippen LogP contribution in [0.5, 0.6) is 5.75 Å². The average molecular weight is 755 g/mol. The van der Waals surface area contributed by atoms with Crippen LogP contribution in [-0.2, 0) is 25.6 Å². The van der Waals surface area contributed by atoms with E-state index in [2.05, 4.69) is 15.6 Å². The fraction of sp³-hybridized carbons (Fsp3) is 0.500. The average Bonchev–Trinajstić information content (AvgIpc) is 3.70. The van der Waals surface area contributed by atoms with Gasteiger partial charge >= 0.3 is 0 Å². The molecule has 5 atom stereocenters. The fourth-order valence-electron chi connectivity index (χ4n) is 6.16. The van der Waals surface area contributed by atoms with Crippen LogP contribution in [0.1, 0.15) is 82.7 Å². The van der Waals surface area contributed by atoms with Crippen molar-refractivity contribution in [3.8, 4) is 16.2 Å². The standard InChI is InChI=1S/C38H51ClN6O6S/c1-22(24-12-14-26(15-13-24)34-23(2)42-21-52-34)43-36(49)29-18-28(46)19-45(29)37(50)35(38(3,4)5)44-32(48)11-7-9-25-8-6-10-30(33(25)39)51-20-27(40)16-17-31(41)47/h6,8,10,12-15,21-22,27-29,35,46H,7,9,11,16-20,40H2,1-5H3,(H2,41,47)(H,43,49)(H,44,48)/t22?,27?,28-,29+,35?/m1/s1. The van der Waals surface area contributed by atoms with E-state index >= 15 is 0 Å². The minimum atomic E-state index is -0.931. The number of amides is 4. The molecule has 0 spiro atoms. The highest BCUT2D eigenvalue weighted by atomic mass is 35.5. The first-order valence-electron chi connectivity index (χ1n) is 17.6. The quantitative estimate of drug-likeness (QED) is 0.142. The smallest absolute Gasteiger partial charge is 0.246 e. The van der Waals surface area contributed by atoms with E-state index in [1.807, 2.05) is 70.5 Å². The Balaban J connectivity index is 1.34. The number of aryl methyl sites for hydroxylation is 2. The molecule has 1 saturated heterocycles. The molecular formula is C38H51ClN6O6S. The molecule has 12 nitrogen and oxygen atoms in total. The molecule has 0 saturated carbocycles. The van der Waals surface area contributed by atoms with Gasteiger partial charge in [0.2, 0.25) is 23.6 Å². The van der Waals surface area contributed by atoms with Crippen molar-refractivity contribution in [2.24, 2.45) is 16.9 Å². The third-order valence-corrected chi connectivity index (χ3v) is 10.6. The van der Waals surface area contributed by atoms with Crippen molar-refractivity contribution in [1.29, 1.82) is 0 Å². The number of hydrogen-bond donors (Lipinski definition) is 5. The van der Waals surface area contributed by atoms with Gasteiger partial charge in [0.1, 0.15) is 24.4 Å². The molecule has 3 unspecified atom stereocenters. The van der Waals surface area contributed by atoms with Gasteiger partial charge < -0.3 is 36.8 Å². The molecule has 52 heavy (non-hydrogen) atoms. The van der Waals surface area contributed by atoms with Crippen LogP contribution in [0.25, 0.3) is 10.4 Å². The number of ether oxygens (including phenoxy) is 1. The number of aromatic nitrogens is 1. The lowest BCUT2D eigenvalue weighted by Crippen LogP contribution is -2.57. The number of aliphatic hydroxyl groups excluding tert-OH is 1. The van der Waals surface area contributed by atoms with Crippen LogP contribution in [0.15, 0.2) is 48.0 Å².